The predicted molar refractivity (Wildman–Crippen MR) is 87.3 cm³/mol. The van der Waals surface area contributed by atoms with Crippen LogP contribution in [0.15, 0.2) is 53.6 Å². The molecule has 1 unspecified atom stereocenters. The third-order valence-electron chi connectivity index (χ3n) is 2.97. The van der Waals surface area contributed by atoms with Gasteiger partial charge in [-0.3, -0.25) is 4.79 Å². The molecule has 0 saturated carbocycles. The second-order valence-corrected chi connectivity index (χ2v) is 5.39. The summed E-state index contributed by atoms with van der Waals surface area (Å²) in [5.41, 5.74) is 3.93. The van der Waals surface area contributed by atoms with Crippen LogP contribution < -0.4 is 5.43 Å². The molecule has 2 aromatic rings. The number of nitrogens with one attached hydrogen (secondary N) is 1. The van der Waals surface area contributed by atoms with Crippen molar-refractivity contribution in [1.29, 1.82) is 0 Å². The molecule has 108 valence electrons. The second kappa shape index (κ2) is 7.25. The fraction of sp³-hybridized carbons (Fsp3) is 0.125. The minimum absolute atomic E-state index is 0.104. The highest BCUT2D eigenvalue weighted by Gasteiger charge is 2.09. The maximum atomic E-state index is 11.9. The Balaban J connectivity index is 1.99. The molecule has 0 saturated heterocycles. The molecule has 5 heteroatoms. The van der Waals surface area contributed by atoms with Crippen LogP contribution in [0.25, 0.3) is 0 Å². The molecule has 1 amide bonds. The van der Waals surface area contributed by atoms with E-state index in [0.29, 0.717) is 15.6 Å². The summed E-state index contributed by atoms with van der Waals surface area (Å²) >= 11 is 11.8. The molecule has 0 aliphatic rings. The van der Waals surface area contributed by atoms with Crippen molar-refractivity contribution in [3.63, 3.8) is 0 Å². The van der Waals surface area contributed by atoms with E-state index in [0.717, 1.165) is 5.56 Å². The number of amides is 1. The Morgan fingerprint density at radius 3 is 2.57 bits per heavy atom. The molecule has 0 aliphatic carbocycles. The molecule has 2 rings (SSSR count). The number of nitrogens with zero attached hydrogens (tertiary/aromatic N) is 1. The molecule has 3 nitrogen and oxygen atoms in total. The van der Waals surface area contributed by atoms with Gasteiger partial charge in [0.05, 0.1) is 10.6 Å². The van der Waals surface area contributed by atoms with Gasteiger partial charge in [0.1, 0.15) is 0 Å². The van der Waals surface area contributed by atoms with E-state index in [9.17, 15) is 4.79 Å². The molecule has 0 radical (unpaired) electrons. The number of hydrogen-bond acceptors (Lipinski definition) is 2. The Morgan fingerprint density at radius 1 is 1.19 bits per heavy atom. The van der Waals surface area contributed by atoms with E-state index in [1.807, 2.05) is 37.3 Å². The van der Waals surface area contributed by atoms with Crippen molar-refractivity contribution in [3.8, 4) is 0 Å². The Morgan fingerprint density at radius 2 is 1.90 bits per heavy atom. The summed E-state index contributed by atoms with van der Waals surface area (Å²) < 4.78 is 0. The smallest absolute Gasteiger partial charge is 0.267 e. The van der Waals surface area contributed by atoms with Gasteiger partial charge in [0.15, 0.2) is 0 Å². The summed E-state index contributed by atoms with van der Waals surface area (Å²) in [7, 11) is 0. The summed E-state index contributed by atoms with van der Waals surface area (Å²) in [4.78, 5) is 11.9. The number of hydrazone groups is 1. The molecular formula is C16H14Cl2N2O. The lowest BCUT2D eigenvalue weighted by Gasteiger charge is -2.06. The van der Waals surface area contributed by atoms with E-state index < -0.39 is 0 Å². The third kappa shape index (κ3) is 4.31. The molecule has 0 spiro atoms. The number of rotatable bonds is 4. The maximum Gasteiger partial charge on any atom is 0.272 e. The van der Waals surface area contributed by atoms with E-state index in [1.165, 1.54) is 6.07 Å². The summed E-state index contributed by atoms with van der Waals surface area (Å²) in [5, 5.41) is 4.75. The molecule has 0 aliphatic heterocycles. The van der Waals surface area contributed by atoms with Crippen LogP contribution in [0.4, 0.5) is 0 Å². The average molecular weight is 321 g/mol. The van der Waals surface area contributed by atoms with Gasteiger partial charge in [-0.2, -0.15) is 5.10 Å². The first kappa shape index (κ1) is 15.5. The van der Waals surface area contributed by atoms with E-state index in [-0.39, 0.29) is 11.8 Å². The topological polar surface area (TPSA) is 41.5 Å². The van der Waals surface area contributed by atoms with Gasteiger partial charge in [0.2, 0.25) is 0 Å². The van der Waals surface area contributed by atoms with Crippen molar-refractivity contribution in [1.82, 2.24) is 5.43 Å². The molecule has 0 fully saturated rings. The highest BCUT2D eigenvalue weighted by atomic mass is 35.5. The standard InChI is InChI=1S/C16H14Cl2N2O/c1-11(12-5-3-2-4-6-12)10-19-20-16(21)14-8-7-13(17)9-15(14)18/h2-11H,1H3,(H,20,21)/b19-10+. The SMILES string of the molecule is CC(/C=N/NC(=O)c1ccc(Cl)cc1Cl)c1ccccc1. The normalized spacial score (nSPS) is 12.3. The number of carbonyl (C=O) groups excluding carboxylic acids is 1. The number of carbonyl (C=O) groups is 1. The van der Waals surface area contributed by atoms with Crippen LogP contribution in [0, 0.1) is 0 Å². The summed E-state index contributed by atoms with van der Waals surface area (Å²) in [5.74, 6) is -0.264. The van der Waals surface area contributed by atoms with Crippen molar-refractivity contribution >= 4 is 35.3 Å². The lowest BCUT2D eigenvalue weighted by atomic mass is 10.0. The van der Waals surface area contributed by atoms with Crippen LogP contribution in [0.5, 0.6) is 0 Å². The van der Waals surface area contributed by atoms with Gasteiger partial charge in [-0.15, -0.1) is 0 Å². The molecule has 0 heterocycles. The first-order chi connectivity index (χ1) is 10.1. The highest BCUT2D eigenvalue weighted by molar-refractivity contribution is 6.36. The Labute approximate surface area is 133 Å². The minimum Gasteiger partial charge on any atom is -0.267 e. The third-order valence-corrected chi connectivity index (χ3v) is 3.51. The van der Waals surface area contributed by atoms with Crippen LogP contribution >= 0.6 is 23.2 Å². The average Bonchev–Trinajstić information content (AvgIpc) is 2.47. The fourth-order valence-electron chi connectivity index (χ4n) is 1.78. The van der Waals surface area contributed by atoms with Gasteiger partial charge >= 0.3 is 0 Å². The van der Waals surface area contributed by atoms with Gasteiger partial charge in [-0.05, 0) is 23.8 Å². The van der Waals surface area contributed by atoms with Gasteiger partial charge in [-0.1, -0.05) is 60.5 Å². The fourth-order valence-corrected chi connectivity index (χ4v) is 2.28. The zero-order chi connectivity index (χ0) is 15.2. The summed E-state index contributed by atoms with van der Waals surface area (Å²) in [6.07, 6.45) is 1.68. The first-order valence-corrected chi connectivity index (χ1v) is 7.17. The van der Waals surface area contributed by atoms with Crippen molar-refractivity contribution in [2.45, 2.75) is 12.8 Å². The first-order valence-electron chi connectivity index (χ1n) is 6.41. The van der Waals surface area contributed by atoms with Crippen LogP contribution in [-0.4, -0.2) is 12.1 Å². The minimum atomic E-state index is -0.367. The van der Waals surface area contributed by atoms with Gasteiger partial charge in [0.25, 0.3) is 5.91 Å². The van der Waals surface area contributed by atoms with E-state index in [1.54, 1.807) is 18.3 Å². The molecule has 2 aromatic carbocycles. The van der Waals surface area contributed by atoms with Gasteiger partial charge in [0, 0.05) is 17.2 Å². The monoisotopic (exact) mass is 320 g/mol. The molecule has 0 aromatic heterocycles. The largest absolute Gasteiger partial charge is 0.272 e. The maximum absolute atomic E-state index is 11.9. The van der Waals surface area contributed by atoms with Crippen molar-refractivity contribution in [2.24, 2.45) is 5.10 Å². The van der Waals surface area contributed by atoms with Crippen LogP contribution in [0.3, 0.4) is 0 Å². The number of benzene rings is 2. The molecular weight excluding hydrogens is 307 g/mol. The van der Waals surface area contributed by atoms with E-state index in [4.69, 9.17) is 23.2 Å². The molecule has 21 heavy (non-hydrogen) atoms. The quantitative estimate of drug-likeness (QED) is 0.653. The lowest BCUT2D eigenvalue weighted by molar-refractivity contribution is 0.0955. The Kier molecular flexibility index (Phi) is 5.37. The van der Waals surface area contributed by atoms with Crippen LogP contribution in [-0.2, 0) is 0 Å². The molecule has 1 atom stereocenters. The van der Waals surface area contributed by atoms with Crippen LogP contribution in [0.1, 0.15) is 28.8 Å². The van der Waals surface area contributed by atoms with Gasteiger partial charge < -0.3 is 0 Å². The highest BCUT2D eigenvalue weighted by Crippen LogP contribution is 2.20. The molecule has 1 N–H and O–H groups in total. The van der Waals surface area contributed by atoms with E-state index >= 15 is 0 Å². The van der Waals surface area contributed by atoms with E-state index in [2.05, 4.69) is 10.5 Å². The Bertz CT molecular complexity index is 657. The van der Waals surface area contributed by atoms with Crippen molar-refractivity contribution in [2.75, 3.05) is 0 Å². The van der Waals surface area contributed by atoms with Crippen molar-refractivity contribution in [3.05, 3.63) is 69.7 Å². The Hall–Kier alpha value is -1.84. The zero-order valence-corrected chi connectivity index (χ0v) is 12.9. The van der Waals surface area contributed by atoms with Crippen molar-refractivity contribution < 1.29 is 4.79 Å². The summed E-state index contributed by atoms with van der Waals surface area (Å²) in [6.45, 7) is 2.00. The summed E-state index contributed by atoms with van der Waals surface area (Å²) in [6, 6.07) is 14.6. The molecule has 0 bridgehead atoms. The lowest BCUT2D eigenvalue weighted by Crippen LogP contribution is -2.18. The zero-order valence-electron chi connectivity index (χ0n) is 11.4. The van der Waals surface area contributed by atoms with Crippen LogP contribution in [0.2, 0.25) is 10.0 Å². The van der Waals surface area contributed by atoms with Gasteiger partial charge in [-0.25, -0.2) is 5.43 Å². The second-order valence-electron chi connectivity index (χ2n) is 4.54. The number of hydrogen-bond donors (Lipinski definition) is 1. The number of halogens is 2. The predicted octanol–water partition coefficient (Wildman–Crippen LogP) is 4.51.